The van der Waals surface area contributed by atoms with Crippen LogP contribution in [0.25, 0.3) is 0 Å². The third-order valence-corrected chi connectivity index (χ3v) is 3.87. The first-order valence-corrected chi connectivity index (χ1v) is 6.95. The van der Waals surface area contributed by atoms with Crippen LogP contribution in [0.15, 0.2) is 53.4 Å². The first-order chi connectivity index (χ1) is 9.01. The van der Waals surface area contributed by atoms with E-state index in [1.807, 2.05) is 0 Å². The van der Waals surface area contributed by atoms with Gasteiger partial charge in [-0.15, -0.1) is 0 Å². The van der Waals surface area contributed by atoms with Crippen molar-refractivity contribution >= 4 is 15.7 Å². The van der Waals surface area contributed by atoms with Crippen LogP contribution in [-0.2, 0) is 10.0 Å². The van der Waals surface area contributed by atoms with E-state index in [2.05, 4.69) is 4.72 Å². The van der Waals surface area contributed by atoms with Crippen LogP contribution in [0.3, 0.4) is 0 Å². The lowest BCUT2D eigenvalue weighted by Gasteiger charge is -2.08. The van der Waals surface area contributed by atoms with Crippen LogP contribution in [0.4, 0.5) is 5.69 Å². The number of ether oxygens (including phenoxy) is 1. The van der Waals surface area contributed by atoms with Crippen LogP contribution < -0.4 is 9.46 Å². The fraction of sp³-hybridized carbons (Fsp3) is 0.0769. The normalized spacial score (nSPS) is 11.0. The summed E-state index contributed by atoms with van der Waals surface area (Å²) in [6.45, 7) is 0. The van der Waals surface area contributed by atoms with E-state index < -0.39 is 10.0 Å². The summed E-state index contributed by atoms with van der Waals surface area (Å²) in [6, 6.07) is 11.9. The Kier molecular flexibility index (Phi) is 3.62. The Labute approximate surface area is 111 Å². The molecule has 0 amide bonds. The van der Waals surface area contributed by atoms with Gasteiger partial charge in [-0.1, -0.05) is 6.07 Å². The number of hydrogen-bond acceptors (Lipinski definition) is 4. The molecule has 0 spiro atoms. The minimum atomic E-state index is -3.67. The number of rotatable bonds is 4. The van der Waals surface area contributed by atoms with E-state index in [1.165, 1.54) is 31.4 Å². The van der Waals surface area contributed by atoms with Crippen molar-refractivity contribution < 1.29 is 18.3 Å². The van der Waals surface area contributed by atoms with Gasteiger partial charge in [-0.2, -0.15) is 0 Å². The smallest absolute Gasteiger partial charge is 0.261 e. The van der Waals surface area contributed by atoms with Crippen LogP contribution in [-0.4, -0.2) is 20.6 Å². The summed E-state index contributed by atoms with van der Waals surface area (Å²) >= 11 is 0. The van der Waals surface area contributed by atoms with Crippen molar-refractivity contribution in [3.8, 4) is 11.5 Å². The predicted octanol–water partition coefficient (Wildman–Crippen LogP) is 2.20. The molecular weight excluding hydrogens is 266 g/mol. The Balaban J connectivity index is 2.27. The van der Waals surface area contributed by atoms with E-state index >= 15 is 0 Å². The van der Waals surface area contributed by atoms with Crippen molar-refractivity contribution in [3.05, 3.63) is 48.5 Å². The second-order valence-electron chi connectivity index (χ2n) is 3.83. The van der Waals surface area contributed by atoms with Gasteiger partial charge in [-0.3, -0.25) is 4.72 Å². The van der Waals surface area contributed by atoms with Gasteiger partial charge in [0.05, 0.1) is 17.7 Å². The van der Waals surface area contributed by atoms with Crippen LogP contribution in [0.1, 0.15) is 0 Å². The molecule has 19 heavy (non-hydrogen) atoms. The Bertz CT molecular complexity index is 665. The van der Waals surface area contributed by atoms with Gasteiger partial charge in [0.2, 0.25) is 0 Å². The summed E-state index contributed by atoms with van der Waals surface area (Å²) in [7, 11) is -2.16. The number of anilines is 1. The molecule has 2 rings (SSSR count). The number of nitrogens with one attached hydrogen (secondary N) is 1. The highest BCUT2D eigenvalue weighted by atomic mass is 32.2. The second kappa shape index (κ2) is 5.19. The standard InChI is InChI=1S/C13H13NO4S/c1-18-12-5-7-13(8-6-12)19(16,17)14-10-3-2-4-11(15)9-10/h2-9,14-15H,1H3. The lowest BCUT2D eigenvalue weighted by molar-refractivity contribution is 0.414. The summed E-state index contributed by atoms with van der Waals surface area (Å²) in [4.78, 5) is 0.122. The van der Waals surface area contributed by atoms with Crippen LogP contribution >= 0.6 is 0 Å². The Hall–Kier alpha value is -2.21. The number of sulfonamides is 1. The van der Waals surface area contributed by atoms with Crippen molar-refractivity contribution in [3.63, 3.8) is 0 Å². The Morgan fingerprint density at radius 1 is 1.11 bits per heavy atom. The molecule has 0 aliphatic heterocycles. The van der Waals surface area contributed by atoms with Crippen LogP contribution in [0, 0.1) is 0 Å². The maximum atomic E-state index is 12.1. The monoisotopic (exact) mass is 279 g/mol. The lowest BCUT2D eigenvalue weighted by Crippen LogP contribution is -2.12. The molecule has 2 aromatic carbocycles. The average Bonchev–Trinajstić information content (AvgIpc) is 2.38. The zero-order valence-corrected chi connectivity index (χ0v) is 11.0. The highest BCUT2D eigenvalue weighted by molar-refractivity contribution is 7.92. The third-order valence-electron chi connectivity index (χ3n) is 2.47. The van der Waals surface area contributed by atoms with Crippen molar-refractivity contribution in [2.45, 2.75) is 4.90 Å². The van der Waals surface area contributed by atoms with E-state index in [-0.39, 0.29) is 10.6 Å². The zero-order chi connectivity index (χ0) is 13.9. The van der Waals surface area contributed by atoms with E-state index in [0.717, 1.165) is 0 Å². The summed E-state index contributed by atoms with van der Waals surface area (Å²) < 4.78 is 31.5. The molecule has 0 unspecified atom stereocenters. The van der Waals surface area contributed by atoms with Crippen molar-refractivity contribution in [1.29, 1.82) is 0 Å². The Morgan fingerprint density at radius 2 is 1.79 bits per heavy atom. The lowest BCUT2D eigenvalue weighted by atomic mass is 10.3. The SMILES string of the molecule is COc1ccc(S(=O)(=O)Nc2cccc(O)c2)cc1. The molecule has 0 aliphatic carbocycles. The topological polar surface area (TPSA) is 75.6 Å². The van der Waals surface area contributed by atoms with Crippen molar-refractivity contribution in [1.82, 2.24) is 0 Å². The number of aromatic hydroxyl groups is 1. The summed E-state index contributed by atoms with van der Waals surface area (Å²) in [5.41, 5.74) is 0.302. The molecule has 0 radical (unpaired) electrons. The van der Waals surface area contributed by atoms with Crippen LogP contribution in [0.5, 0.6) is 11.5 Å². The molecule has 2 aromatic rings. The summed E-state index contributed by atoms with van der Waals surface area (Å²) in [6.07, 6.45) is 0. The molecule has 0 bridgehead atoms. The van der Waals surface area contributed by atoms with Gasteiger partial charge in [-0.05, 0) is 36.4 Å². The molecule has 2 N–H and O–H groups in total. The van der Waals surface area contributed by atoms with Crippen LogP contribution in [0.2, 0.25) is 0 Å². The van der Waals surface area contributed by atoms with Gasteiger partial charge < -0.3 is 9.84 Å². The molecule has 0 fully saturated rings. The molecule has 0 saturated heterocycles. The first kappa shape index (κ1) is 13.2. The third kappa shape index (κ3) is 3.17. The predicted molar refractivity (Wildman–Crippen MR) is 71.9 cm³/mol. The maximum Gasteiger partial charge on any atom is 0.261 e. The highest BCUT2D eigenvalue weighted by Gasteiger charge is 2.14. The fourth-order valence-corrected chi connectivity index (χ4v) is 2.59. The number of phenols is 1. The van der Waals surface area contributed by atoms with Gasteiger partial charge in [0.15, 0.2) is 0 Å². The molecule has 0 saturated carbocycles. The number of methoxy groups -OCH3 is 1. The fourth-order valence-electron chi connectivity index (χ4n) is 1.54. The highest BCUT2D eigenvalue weighted by Crippen LogP contribution is 2.21. The molecule has 5 nitrogen and oxygen atoms in total. The van der Waals surface area contributed by atoms with Crippen molar-refractivity contribution in [2.75, 3.05) is 11.8 Å². The van der Waals surface area contributed by atoms with Gasteiger partial charge in [0, 0.05) is 6.07 Å². The molecule has 6 heteroatoms. The second-order valence-corrected chi connectivity index (χ2v) is 5.51. The largest absolute Gasteiger partial charge is 0.508 e. The van der Waals surface area contributed by atoms with E-state index in [4.69, 9.17) is 4.74 Å². The van der Waals surface area contributed by atoms with Gasteiger partial charge in [0.25, 0.3) is 10.0 Å². The average molecular weight is 279 g/mol. The zero-order valence-electron chi connectivity index (χ0n) is 10.2. The molecule has 100 valence electrons. The number of hydrogen-bond donors (Lipinski definition) is 2. The van der Waals surface area contributed by atoms with Crippen molar-refractivity contribution in [2.24, 2.45) is 0 Å². The molecule has 0 aromatic heterocycles. The minimum absolute atomic E-state index is 0.00469. The first-order valence-electron chi connectivity index (χ1n) is 5.47. The van der Waals surface area contributed by atoms with E-state index in [1.54, 1.807) is 24.3 Å². The maximum absolute atomic E-state index is 12.1. The molecular formula is C13H13NO4S. The molecule has 0 atom stereocenters. The van der Waals surface area contributed by atoms with Gasteiger partial charge in [-0.25, -0.2) is 8.42 Å². The Morgan fingerprint density at radius 3 is 2.37 bits per heavy atom. The quantitative estimate of drug-likeness (QED) is 0.899. The molecule has 0 aliphatic rings. The van der Waals surface area contributed by atoms with E-state index in [0.29, 0.717) is 11.4 Å². The molecule has 0 heterocycles. The number of benzene rings is 2. The summed E-state index contributed by atoms with van der Waals surface area (Å²) in [5, 5.41) is 9.30. The van der Waals surface area contributed by atoms with Gasteiger partial charge >= 0.3 is 0 Å². The minimum Gasteiger partial charge on any atom is -0.508 e. The van der Waals surface area contributed by atoms with Gasteiger partial charge in [0.1, 0.15) is 11.5 Å². The number of phenolic OH excluding ortho intramolecular Hbond substituents is 1. The van der Waals surface area contributed by atoms with E-state index in [9.17, 15) is 13.5 Å². The summed E-state index contributed by atoms with van der Waals surface area (Å²) in [5.74, 6) is 0.575.